The van der Waals surface area contributed by atoms with Crippen LogP contribution in [0.15, 0.2) is 54.7 Å². The molecule has 2 heterocycles. The number of aliphatic hydroxyl groups is 1. The number of nitrogens with zero attached hydrogens (tertiary/aromatic N) is 3. The molecule has 0 radical (unpaired) electrons. The molecule has 8 heteroatoms. The van der Waals surface area contributed by atoms with Gasteiger partial charge in [0.05, 0.1) is 18.3 Å². The monoisotopic (exact) mass is 433 g/mol. The predicted octanol–water partition coefficient (Wildman–Crippen LogP) is 3.93. The first-order valence-electron chi connectivity index (χ1n) is 10.2. The van der Waals surface area contributed by atoms with Crippen LogP contribution in [0.2, 0.25) is 0 Å². The van der Waals surface area contributed by atoms with E-state index in [2.05, 4.69) is 20.7 Å². The lowest BCUT2D eigenvalue weighted by Crippen LogP contribution is -2.30. The first kappa shape index (κ1) is 21.5. The number of amides is 1. The average Bonchev–Trinajstić information content (AvgIpc) is 3.09. The van der Waals surface area contributed by atoms with Gasteiger partial charge in [-0.05, 0) is 54.6 Å². The van der Waals surface area contributed by atoms with Crippen molar-refractivity contribution < 1.29 is 14.3 Å². The molecule has 0 saturated heterocycles. The summed E-state index contributed by atoms with van der Waals surface area (Å²) in [7, 11) is 1.84. The quantitative estimate of drug-likeness (QED) is 0.429. The number of anilines is 2. The van der Waals surface area contributed by atoms with Crippen LogP contribution in [0.25, 0.3) is 10.8 Å². The van der Waals surface area contributed by atoms with Crippen LogP contribution in [0, 0.1) is 19.7 Å². The van der Waals surface area contributed by atoms with Crippen molar-refractivity contribution in [3.63, 3.8) is 0 Å². The number of carbonyl (C=O) groups excluding carboxylic acids is 1. The van der Waals surface area contributed by atoms with E-state index < -0.39 is 6.04 Å². The molecule has 0 aliphatic rings. The summed E-state index contributed by atoms with van der Waals surface area (Å²) in [6, 6.07) is 13.0. The third-order valence-corrected chi connectivity index (χ3v) is 5.33. The second-order valence-electron chi connectivity index (χ2n) is 7.77. The molecule has 164 valence electrons. The molecule has 1 amide bonds. The number of carbonyl (C=O) groups is 1. The number of fused-ring (bicyclic) bond motifs is 1. The molecule has 7 nitrogen and oxygen atoms in total. The average molecular weight is 433 g/mol. The first-order chi connectivity index (χ1) is 15.3. The molecule has 0 aliphatic carbocycles. The summed E-state index contributed by atoms with van der Waals surface area (Å²) in [6.45, 7) is 3.23. The van der Waals surface area contributed by atoms with Crippen LogP contribution in [0.3, 0.4) is 0 Å². The lowest BCUT2D eigenvalue weighted by molar-refractivity contribution is 0.0916. The molecule has 2 aromatic heterocycles. The van der Waals surface area contributed by atoms with Gasteiger partial charge in [0.1, 0.15) is 17.5 Å². The zero-order chi connectivity index (χ0) is 22.8. The number of hydrogen-bond donors (Lipinski definition) is 3. The van der Waals surface area contributed by atoms with Gasteiger partial charge >= 0.3 is 0 Å². The summed E-state index contributed by atoms with van der Waals surface area (Å²) in [4.78, 5) is 17.3. The van der Waals surface area contributed by atoms with E-state index in [9.17, 15) is 14.3 Å². The van der Waals surface area contributed by atoms with Crippen molar-refractivity contribution in [2.75, 3.05) is 11.9 Å². The van der Waals surface area contributed by atoms with E-state index in [0.717, 1.165) is 22.3 Å². The van der Waals surface area contributed by atoms with Crippen molar-refractivity contribution in [3.8, 4) is 0 Å². The van der Waals surface area contributed by atoms with Crippen molar-refractivity contribution in [1.29, 1.82) is 0 Å². The number of halogens is 1. The molecule has 3 N–H and O–H groups in total. The van der Waals surface area contributed by atoms with Crippen molar-refractivity contribution in [2.45, 2.75) is 19.9 Å². The van der Waals surface area contributed by atoms with Gasteiger partial charge in [-0.1, -0.05) is 18.2 Å². The Morgan fingerprint density at radius 1 is 1.12 bits per heavy atom. The number of aryl methyl sites for hydroxylation is 3. The molecule has 0 bridgehead atoms. The first-order valence-corrected chi connectivity index (χ1v) is 10.2. The number of aromatic nitrogens is 3. The van der Waals surface area contributed by atoms with Gasteiger partial charge in [0.2, 0.25) is 0 Å². The molecular weight excluding hydrogens is 409 g/mol. The lowest BCUT2D eigenvalue weighted by Gasteiger charge is -2.17. The minimum Gasteiger partial charge on any atom is -0.394 e. The summed E-state index contributed by atoms with van der Waals surface area (Å²) >= 11 is 0. The zero-order valence-electron chi connectivity index (χ0n) is 18.1. The molecular formula is C24H24FN5O2. The molecule has 2 aromatic carbocycles. The minimum absolute atomic E-state index is 0.343. The van der Waals surface area contributed by atoms with Crippen LogP contribution in [0.1, 0.15) is 33.2 Å². The Hall–Kier alpha value is -3.78. The number of aliphatic hydroxyl groups excluding tert-OH is 1. The second kappa shape index (κ2) is 8.76. The highest BCUT2D eigenvalue weighted by Gasteiger charge is 2.17. The van der Waals surface area contributed by atoms with E-state index in [4.69, 9.17) is 0 Å². The van der Waals surface area contributed by atoms with Crippen LogP contribution in [0.5, 0.6) is 0 Å². The van der Waals surface area contributed by atoms with E-state index in [1.807, 2.05) is 32.2 Å². The Morgan fingerprint density at radius 2 is 1.94 bits per heavy atom. The van der Waals surface area contributed by atoms with Crippen LogP contribution >= 0.6 is 0 Å². The van der Waals surface area contributed by atoms with E-state index in [1.54, 1.807) is 42.1 Å². The Labute approximate surface area is 184 Å². The number of rotatable bonds is 6. The molecule has 0 unspecified atom stereocenters. The zero-order valence-corrected chi connectivity index (χ0v) is 18.1. The topological polar surface area (TPSA) is 92.1 Å². The molecule has 1 atom stereocenters. The Bertz CT molecular complexity index is 1300. The summed E-state index contributed by atoms with van der Waals surface area (Å²) in [5.74, 6) is 0.693. The number of benzene rings is 2. The maximum absolute atomic E-state index is 13.9. The van der Waals surface area contributed by atoms with E-state index in [-0.39, 0.29) is 18.3 Å². The Morgan fingerprint density at radius 3 is 2.62 bits per heavy atom. The highest BCUT2D eigenvalue weighted by Crippen LogP contribution is 2.22. The molecule has 4 aromatic rings. The van der Waals surface area contributed by atoms with Gasteiger partial charge < -0.3 is 15.7 Å². The maximum atomic E-state index is 13.9. The Balaban J connectivity index is 1.56. The minimum atomic E-state index is -0.712. The fourth-order valence-corrected chi connectivity index (χ4v) is 3.51. The SMILES string of the molecule is Cc1cc(Nc2cc3cc(C(=O)N[C@H](CO)c4ccc(C)c(F)c4)ccc3cn2)n(C)n1. The molecule has 0 fully saturated rings. The van der Waals surface area contributed by atoms with Gasteiger partial charge in [-0.15, -0.1) is 0 Å². The van der Waals surface area contributed by atoms with Crippen LogP contribution < -0.4 is 10.6 Å². The van der Waals surface area contributed by atoms with Crippen LogP contribution in [-0.4, -0.2) is 32.4 Å². The fourth-order valence-electron chi connectivity index (χ4n) is 3.51. The molecule has 0 aliphatic heterocycles. The van der Waals surface area contributed by atoms with E-state index >= 15 is 0 Å². The van der Waals surface area contributed by atoms with Crippen molar-refractivity contribution in [2.24, 2.45) is 7.05 Å². The standard InChI is InChI=1S/C24H24FN5O2/c1-14-4-5-16(10-20(14)25)21(13-31)27-24(32)17-6-7-18-12-26-22(11-19(18)9-17)28-23-8-15(2)29-30(23)3/h4-12,21,31H,13H2,1-3H3,(H,26,28)(H,27,32)/t21-/m1/s1. The number of pyridine rings is 1. The van der Waals surface area contributed by atoms with Gasteiger partial charge in [0.15, 0.2) is 0 Å². The highest BCUT2D eigenvalue weighted by atomic mass is 19.1. The highest BCUT2D eigenvalue weighted by molar-refractivity contribution is 5.99. The van der Waals surface area contributed by atoms with Gasteiger partial charge in [0, 0.05) is 30.3 Å². The normalized spacial score (nSPS) is 12.0. The number of nitrogens with one attached hydrogen (secondary N) is 2. The third kappa shape index (κ3) is 4.45. The van der Waals surface area contributed by atoms with Gasteiger partial charge in [-0.3, -0.25) is 9.48 Å². The van der Waals surface area contributed by atoms with Crippen molar-refractivity contribution in [3.05, 3.63) is 82.9 Å². The smallest absolute Gasteiger partial charge is 0.251 e. The summed E-state index contributed by atoms with van der Waals surface area (Å²) < 4.78 is 15.6. The summed E-state index contributed by atoms with van der Waals surface area (Å²) in [5, 5.41) is 21.8. The third-order valence-electron chi connectivity index (χ3n) is 5.33. The van der Waals surface area contributed by atoms with Gasteiger partial charge in [-0.2, -0.15) is 5.10 Å². The van der Waals surface area contributed by atoms with Gasteiger partial charge in [0.25, 0.3) is 5.91 Å². The molecule has 0 saturated carbocycles. The van der Waals surface area contributed by atoms with Crippen molar-refractivity contribution >= 4 is 28.3 Å². The predicted molar refractivity (Wildman–Crippen MR) is 121 cm³/mol. The summed E-state index contributed by atoms with van der Waals surface area (Å²) in [5.41, 5.74) is 2.33. The van der Waals surface area contributed by atoms with E-state index in [1.165, 1.54) is 6.07 Å². The molecule has 0 spiro atoms. The second-order valence-corrected chi connectivity index (χ2v) is 7.77. The van der Waals surface area contributed by atoms with Gasteiger partial charge in [-0.25, -0.2) is 9.37 Å². The molecule has 4 rings (SSSR count). The van der Waals surface area contributed by atoms with Crippen LogP contribution in [-0.2, 0) is 7.05 Å². The van der Waals surface area contributed by atoms with Crippen molar-refractivity contribution in [1.82, 2.24) is 20.1 Å². The fraction of sp³-hybridized carbons (Fsp3) is 0.208. The maximum Gasteiger partial charge on any atom is 0.251 e. The van der Waals surface area contributed by atoms with Crippen LogP contribution in [0.4, 0.5) is 16.0 Å². The van der Waals surface area contributed by atoms with E-state index in [0.29, 0.717) is 22.5 Å². The lowest BCUT2D eigenvalue weighted by atomic mass is 10.0. The number of hydrogen-bond acceptors (Lipinski definition) is 5. The Kier molecular flexibility index (Phi) is 5.87. The summed E-state index contributed by atoms with van der Waals surface area (Å²) in [6.07, 6.45) is 1.73. The largest absolute Gasteiger partial charge is 0.394 e. The molecule has 32 heavy (non-hydrogen) atoms.